The Kier molecular flexibility index (Phi) is 4.57. The molecule has 2 aromatic carbocycles. The van der Waals surface area contributed by atoms with E-state index in [1.165, 1.54) is 24.5 Å². The molecular weight excluding hydrogens is 362 g/mol. The second kappa shape index (κ2) is 7.01. The van der Waals surface area contributed by atoms with Crippen molar-refractivity contribution in [2.24, 2.45) is 0 Å². The molecule has 0 spiro atoms. The van der Waals surface area contributed by atoms with Crippen molar-refractivity contribution < 1.29 is 13.5 Å². The van der Waals surface area contributed by atoms with Gasteiger partial charge in [0.15, 0.2) is 17.4 Å². The van der Waals surface area contributed by atoms with Crippen molar-refractivity contribution in [1.82, 2.24) is 15.3 Å². The minimum Gasteiger partial charge on any atom is -0.486 e. The lowest BCUT2D eigenvalue weighted by atomic mass is 10.2. The highest BCUT2D eigenvalue weighted by Gasteiger charge is 2.19. The largest absolute Gasteiger partial charge is 0.486 e. The first-order valence-electron chi connectivity index (χ1n) is 8.14. The second-order valence-corrected chi connectivity index (χ2v) is 6.39. The van der Waals surface area contributed by atoms with Crippen LogP contribution in [0.4, 0.5) is 20.3 Å². The van der Waals surface area contributed by atoms with E-state index in [0.29, 0.717) is 23.3 Å². The lowest BCUT2D eigenvalue weighted by Crippen LogP contribution is -2.20. The zero-order valence-corrected chi connectivity index (χ0v) is 14.4. The molecule has 0 bridgehead atoms. The molecular formula is C18H15ClF2N4O. The van der Waals surface area contributed by atoms with Crippen molar-refractivity contribution >= 4 is 34.0 Å². The zero-order chi connectivity index (χ0) is 18.1. The third-order valence-electron chi connectivity index (χ3n) is 4.20. The highest BCUT2D eigenvalue weighted by molar-refractivity contribution is 6.31. The van der Waals surface area contributed by atoms with Gasteiger partial charge in [-0.1, -0.05) is 17.7 Å². The van der Waals surface area contributed by atoms with Gasteiger partial charge in [-0.2, -0.15) is 0 Å². The number of fused-ring (bicyclic) bond motifs is 1. The molecule has 1 fully saturated rings. The van der Waals surface area contributed by atoms with Crippen LogP contribution in [0.2, 0.25) is 5.02 Å². The number of aromatic nitrogens is 2. The van der Waals surface area contributed by atoms with Crippen LogP contribution < -0.4 is 15.4 Å². The normalized spacial score (nSPS) is 16.8. The van der Waals surface area contributed by atoms with Crippen molar-refractivity contribution in [1.29, 1.82) is 0 Å². The van der Waals surface area contributed by atoms with E-state index in [2.05, 4.69) is 20.6 Å². The molecule has 0 unspecified atom stereocenters. The molecule has 5 nitrogen and oxygen atoms in total. The summed E-state index contributed by atoms with van der Waals surface area (Å²) in [5, 5.41) is 6.58. The zero-order valence-electron chi connectivity index (χ0n) is 13.6. The van der Waals surface area contributed by atoms with Crippen molar-refractivity contribution in [2.45, 2.75) is 12.5 Å². The predicted octanol–water partition coefficient (Wildman–Crippen LogP) is 4.05. The first-order chi connectivity index (χ1) is 12.6. The van der Waals surface area contributed by atoms with Gasteiger partial charge < -0.3 is 15.4 Å². The van der Waals surface area contributed by atoms with Crippen molar-refractivity contribution in [3.8, 4) is 5.75 Å². The van der Waals surface area contributed by atoms with Crippen LogP contribution in [0.3, 0.4) is 0 Å². The molecule has 2 heterocycles. The molecule has 2 N–H and O–H groups in total. The molecule has 8 heteroatoms. The fourth-order valence-corrected chi connectivity index (χ4v) is 3.06. The van der Waals surface area contributed by atoms with E-state index in [-0.39, 0.29) is 22.6 Å². The van der Waals surface area contributed by atoms with E-state index < -0.39 is 11.6 Å². The summed E-state index contributed by atoms with van der Waals surface area (Å²) >= 11 is 5.82. The lowest BCUT2D eigenvalue weighted by Gasteiger charge is -2.15. The van der Waals surface area contributed by atoms with E-state index in [1.54, 1.807) is 12.1 Å². The van der Waals surface area contributed by atoms with E-state index in [0.717, 1.165) is 13.0 Å². The molecule has 0 aliphatic carbocycles. The lowest BCUT2D eigenvalue weighted by molar-refractivity contribution is 0.213. The first kappa shape index (κ1) is 16.9. The number of rotatable bonds is 4. The van der Waals surface area contributed by atoms with Gasteiger partial charge in [0.05, 0.1) is 16.2 Å². The van der Waals surface area contributed by atoms with E-state index in [1.807, 2.05) is 0 Å². The maximum Gasteiger partial charge on any atom is 0.167 e. The second-order valence-electron chi connectivity index (χ2n) is 5.98. The Morgan fingerprint density at radius 2 is 2.12 bits per heavy atom. The molecule has 1 saturated heterocycles. The Hall–Kier alpha value is -2.51. The number of hydrogen-bond donors (Lipinski definition) is 2. The number of nitrogens with one attached hydrogen (secondary N) is 2. The van der Waals surface area contributed by atoms with Crippen molar-refractivity contribution in [3.05, 3.63) is 53.3 Å². The van der Waals surface area contributed by atoms with Gasteiger partial charge >= 0.3 is 0 Å². The molecule has 1 aliphatic heterocycles. The van der Waals surface area contributed by atoms with Crippen LogP contribution in [0.25, 0.3) is 10.9 Å². The number of anilines is 2. The average molecular weight is 377 g/mol. The smallest absolute Gasteiger partial charge is 0.167 e. The Bertz CT molecular complexity index is 963. The van der Waals surface area contributed by atoms with Crippen LogP contribution in [0.5, 0.6) is 5.75 Å². The van der Waals surface area contributed by atoms with Gasteiger partial charge in [0.2, 0.25) is 0 Å². The van der Waals surface area contributed by atoms with Gasteiger partial charge in [-0.05, 0) is 31.2 Å². The highest BCUT2D eigenvalue weighted by Crippen LogP contribution is 2.31. The van der Waals surface area contributed by atoms with Gasteiger partial charge in [0, 0.05) is 18.0 Å². The minimum atomic E-state index is -0.587. The number of halogens is 3. The maximum atomic E-state index is 14.3. The molecule has 1 aliphatic rings. The summed E-state index contributed by atoms with van der Waals surface area (Å²) in [5.74, 6) is -0.624. The summed E-state index contributed by atoms with van der Waals surface area (Å²) in [5.41, 5.74) is 0.559. The first-order valence-corrected chi connectivity index (χ1v) is 8.52. The van der Waals surface area contributed by atoms with E-state index in [4.69, 9.17) is 16.3 Å². The summed E-state index contributed by atoms with van der Waals surface area (Å²) < 4.78 is 34.3. The van der Waals surface area contributed by atoms with Crippen LogP contribution >= 0.6 is 11.6 Å². The van der Waals surface area contributed by atoms with Crippen LogP contribution in [-0.4, -0.2) is 29.2 Å². The third-order valence-corrected chi connectivity index (χ3v) is 4.49. The van der Waals surface area contributed by atoms with E-state index in [9.17, 15) is 8.78 Å². The van der Waals surface area contributed by atoms with Gasteiger partial charge in [0.25, 0.3) is 0 Å². The number of hydrogen-bond acceptors (Lipinski definition) is 5. The molecule has 26 heavy (non-hydrogen) atoms. The summed E-state index contributed by atoms with van der Waals surface area (Å²) in [6.45, 7) is 1.51. The Labute approximate surface area is 153 Å². The number of benzene rings is 2. The van der Waals surface area contributed by atoms with Crippen molar-refractivity contribution in [3.63, 3.8) is 0 Å². The fraction of sp³-hybridized carbons (Fsp3) is 0.222. The topological polar surface area (TPSA) is 59.1 Å². The SMILES string of the molecule is Fc1cc2ncnc(Nc3cccc(Cl)c3F)c2cc1O[C@H]1CCNC1. The van der Waals surface area contributed by atoms with Crippen LogP contribution in [0.15, 0.2) is 36.7 Å². The van der Waals surface area contributed by atoms with Gasteiger partial charge in [-0.25, -0.2) is 18.7 Å². The number of ether oxygens (including phenoxy) is 1. The van der Waals surface area contributed by atoms with Crippen LogP contribution in [0.1, 0.15) is 6.42 Å². The third kappa shape index (κ3) is 3.27. The Balaban J connectivity index is 1.73. The summed E-state index contributed by atoms with van der Waals surface area (Å²) in [6, 6.07) is 7.44. The summed E-state index contributed by atoms with van der Waals surface area (Å²) in [4.78, 5) is 8.23. The molecule has 0 amide bonds. The highest BCUT2D eigenvalue weighted by atomic mass is 35.5. The van der Waals surface area contributed by atoms with Crippen LogP contribution in [-0.2, 0) is 0 Å². The Morgan fingerprint density at radius 3 is 2.92 bits per heavy atom. The Morgan fingerprint density at radius 1 is 1.23 bits per heavy atom. The number of nitrogens with zero attached hydrogens (tertiary/aromatic N) is 2. The standard InChI is InChI=1S/C18H15ClF2N4O/c19-12-2-1-3-14(17(12)21)25-18-11-6-16(26-10-4-5-22-8-10)13(20)7-15(11)23-9-24-18/h1-3,6-7,9-10,22H,4-5,8H2,(H,23,24,25)/t10-/m0/s1. The summed E-state index contributed by atoms with van der Waals surface area (Å²) in [7, 11) is 0. The fourth-order valence-electron chi connectivity index (χ4n) is 2.88. The molecule has 1 aromatic heterocycles. The van der Waals surface area contributed by atoms with E-state index >= 15 is 0 Å². The molecule has 134 valence electrons. The molecule has 3 aromatic rings. The molecule has 0 radical (unpaired) electrons. The minimum absolute atomic E-state index is 0.00263. The van der Waals surface area contributed by atoms with Gasteiger partial charge in [-0.3, -0.25) is 0 Å². The summed E-state index contributed by atoms with van der Waals surface area (Å²) in [6.07, 6.45) is 2.00. The monoisotopic (exact) mass is 376 g/mol. The quantitative estimate of drug-likeness (QED) is 0.719. The molecule has 1 atom stereocenters. The molecule has 0 saturated carbocycles. The molecule has 4 rings (SSSR count). The maximum absolute atomic E-state index is 14.3. The predicted molar refractivity (Wildman–Crippen MR) is 96.1 cm³/mol. The van der Waals surface area contributed by atoms with Crippen molar-refractivity contribution in [2.75, 3.05) is 18.4 Å². The van der Waals surface area contributed by atoms with Gasteiger partial charge in [0.1, 0.15) is 18.2 Å². The van der Waals surface area contributed by atoms with Gasteiger partial charge in [-0.15, -0.1) is 0 Å². The van der Waals surface area contributed by atoms with Crippen LogP contribution in [0, 0.1) is 11.6 Å². The average Bonchev–Trinajstić information content (AvgIpc) is 3.13.